The van der Waals surface area contributed by atoms with Crippen molar-refractivity contribution in [1.82, 2.24) is 0 Å². The maximum atomic E-state index is 3.61. The molecule has 2 aromatic carbocycles. The van der Waals surface area contributed by atoms with Gasteiger partial charge in [0.15, 0.2) is 0 Å². The molecule has 2 aromatic rings. The van der Waals surface area contributed by atoms with Crippen molar-refractivity contribution in [2.45, 2.75) is 26.2 Å². The van der Waals surface area contributed by atoms with E-state index in [-0.39, 0.29) is 0 Å². The maximum Gasteiger partial charge on any atom is 0.0403 e. The van der Waals surface area contributed by atoms with E-state index in [9.17, 15) is 0 Å². The van der Waals surface area contributed by atoms with Crippen molar-refractivity contribution in [2.75, 3.05) is 11.9 Å². The zero-order chi connectivity index (χ0) is 12.5. The van der Waals surface area contributed by atoms with Crippen LogP contribution in [0.15, 0.2) is 42.5 Å². The first-order valence-corrected chi connectivity index (χ1v) is 6.63. The van der Waals surface area contributed by atoms with Gasteiger partial charge in [-0.1, -0.05) is 48.0 Å². The van der Waals surface area contributed by atoms with E-state index in [1.54, 1.807) is 0 Å². The first-order chi connectivity index (χ1) is 8.74. The number of nitrogens with one attached hydrogen (secondary N) is 1. The molecule has 0 aromatic heterocycles. The van der Waals surface area contributed by atoms with Crippen LogP contribution in [0.5, 0.6) is 0 Å². The van der Waals surface area contributed by atoms with E-state index in [2.05, 4.69) is 61.6 Å². The lowest BCUT2D eigenvalue weighted by molar-refractivity contribution is 0.693. The van der Waals surface area contributed by atoms with Gasteiger partial charge in [-0.15, -0.1) is 0 Å². The SMILES string of the molecule is Cc1cc(C)c2c(c1)CC(c1ccccc1)CN2. The van der Waals surface area contributed by atoms with Gasteiger partial charge in [-0.05, 0) is 37.0 Å². The van der Waals surface area contributed by atoms with Gasteiger partial charge in [0.05, 0.1) is 0 Å². The van der Waals surface area contributed by atoms with Crippen molar-refractivity contribution < 1.29 is 0 Å². The zero-order valence-electron chi connectivity index (χ0n) is 11.0. The van der Waals surface area contributed by atoms with Crippen LogP contribution in [-0.4, -0.2) is 6.54 Å². The van der Waals surface area contributed by atoms with Crippen LogP contribution >= 0.6 is 0 Å². The second-order valence-corrected chi connectivity index (χ2v) is 5.31. The van der Waals surface area contributed by atoms with Crippen molar-refractivity contribution in [3.05, 3.63) is 64.7 Å². The van der Waals surface area contributed by atoms with Gasteiger partial charge in [-0.25, -0.2) is 0 Å². The Labute approximate surface area is 109 Å². The van der Waals surface area contributed by atoms with Gasteiger partial charge in [0.1, 0.15) is 0 Å². The molecule has 0 saturated heterocycles. The fourth-order valence-corrected chi connectivity index (χ4v) is 2.99. The monoisotopic (exact) mass is 237 g/mol. The summed E-state index contributed by atoms with van der Waals surface area (Å²) in [5, 5.41) is 3.61. The van der Waals surface area contributed by atoms with E-state index < -0.39 is 0 Å². The zero-order valence-corrected chi connectivity index (χ0v) is 11.0. The van der Waals surface area contributed by atoms with Gasteiger partial charge in [0.25, 0.3) is 0 Å². The molecule has 0 fully saturated rings. The van der Waals surface area contributed by atoms with Crippen LogP contribution in [0.25, 0.3) is 0 Å². The highest BCUT2D eigenvalue weighted by Crippen LogP contribution is 2.33. The molecule has 1 heterocycles. The van der Waals surface area contributed by atoms with E-state index in [0.29, 0.717) is 5.92 Å². The summed E-state index contributed by atoms with van der Waals surface area (Å²) in [7, 11) is 0. The quantitative estimate of drug-likeness (QED) is 0.788. The standard InChI is InChI=1S/C17H19N/c1-12-8-13(2)17-15(9-12)10-16(11-18-17)14-6-4-3-5-7-14/h3-9,16,18H,10-11H2,1-2H3. The summed E-state index contributed by atoms with van der Waals surface area (Å²) in [6, 6.07) is 15.4. The van der Waals surface area contributed by atoms with Crippen LogP contribution in [0.1, 0.15) is 28.2 Å². The van der Waals surface area contributed by atoms with Gasteiger partial charge in [-0.3, -0.25) is 0 Å². The Bertz CT molecular complexity index is 557. The molecule has 0 radical (unpaired) electrons. The molecule has 1 unspecified atom stereocenters. The normalized spacial score (nSPS) is 18.0. The minimum absolute atomic E-state index is 0.597. The molecule has 0 amide bonds. The molecule has 3 rings (SSSR count). The molecule has 0 spiro atoms. The topological polar surface area (TPSA) is 12.0 Å². The first-order valence-electron chi connectivity index (χ1n) is 6.63. The maximum absolute atomic E-state index is 3.61. The largest absolute Gasteiger partial charge is 0.384 e. The Morgan fingerprint density at radius 1 is 1.06 bits per heavy atom. The molecular formula is C17H19N. The van der Waals surface area contributed by atoms with Crippen molar-refractivity contribution in [1.29, 1.82) is 0 Å². The highest BCUT2D eigenvalue weighted by Gasteiger charge is 2.20. The summed E-state index contributed by atoms with van der Waals surface area (Å²) < 4.78 is 0. The molecule has 92 valence electrons. The molecule has 1 N–H and O–H groups in total. The summed E-state index contributed by atoms with van der Waals surface area (Å²) in [4.78, 5) is 0. The fraction of sp³-hybridized carbons (Fsp3) is 0.294. The second-order valence-electron chi connectivity index (χ2n) is 5.31. The van der Waals surface area contributed by atoms with Gasteiger partial charge < -0.3 is 5.32 Å². The van der Waals surface area contributed by atoms with Crippen LogP contribution in [-0.2, 0) is 6.42 Å². The molecule has 18 heavy (non-hydrogen) atoms. The van der Waals surface area contributed by atoms with Gasteiger partial charge in [-0.2, -0.15) is 0 Å². The lowest BCUT2D eigenvalue weighted by Crippen LogP contribution is -2.22. The van der Waals surface area contributed by atoms with Crippen molar-refractivity contribution in [2.24, 2.45) is 0 Å². The Hall–Kier alpha value is -1.76. The minimum Gasteiger partial charge on any atom is -0.384 e. The fourth-order valence-electron chi connectivity index (χ4n) is 2.99. The van der Waals surface area contributed by atoms with Crippen LogP contribution in [0.4, 0.5) is 5.69 Å². The summed E-state index contributed by atoms with van der Waals surface area (Å²) in [5.74, 6) is 0.597. The number of hydrogen-bond donors (Lipinski definition) is 1. The molecular weight excluding hydrogens is 218 g/mol. The highest BCUT2D eigenvalue weighted by molar-refractivity contribution is 5.61. The van der Waals surface area contributed by atoms with E-state index in [1.807, 2.05) is 0 Å². The molecule has 0 bridgehead atoms. The van der Waals surface area contributed by atoms with Crippen LogP contribution in [0.3, 0.4) is 0 Å². The van der Waals surface area contributed by atoms with E-state index in [0.717, 1.165) is 13.0 Å². The Balaban J connectivity index is 1.94. The number of aryl methyl sites for hydroxylation is 2. The molecule has 1 aliphatic heterocycles. The van der Waals surface area contributed by atoms with E-state index in [1.165, 1.54) is 27.9 Å². The van der Waals surface area contributed by atoms with E-state index in [4.69, 9.17) is 0 Å². The third kappa shape index (κ3) is 2.01. The van der Waals surface area contributed by atoms with E-state index >= 15 is 0 Å². The molecule has 0 aliphatic carbocycles. The van der Waals surface area contributed by atoms with Gasteiger partial charge in [0, 0.05) is 18.2 Å². The van der Waals surface area contributed by atoms with Gasteiger partial charge in [0.2, 0.25) is 0 Å². The van der Waals surface area contributed by atoms with Crippen molar-refractivity contribution in [3.63, 3.8) is 0 Å². The Morgan fingerprint density at radius 2 is 1.83 bits per heavy atom. The molecule has 1 atom stereocenters. The number of benzene rings is 2. The number of hydrogen-bond acceptors (Lipinski definition) is 1. The smallest absolute Gasteiger partial charge is 0.0403 e. The lowest BCUT2D eigenvalue weighted by atomic mass is 9.86. The highest BCUT2D eigenvalue weighted by atomic mass is 14.9. The number of fused-ring (bicyclic) bond motifs is 1. The lowest BCUT2D eigenvalue weighted by Gasteiger charge is -2.28. The van der Waals surface area contributed by atoms with Crippen LogP contribution in [0.2, 0.25) is 0 Å². The summed E-state index contributed by atoms with van der Waals surface area (Å²) in [6.45, 7) is 5.42. The molecule has 1 heteroatoms. The van der Waals surface area contributed by atoms with Crippen LogP contribution < -0.4 is 5.32 Å². The summed E-state index contributed by atoms with van der Waals surface area (Å²) in [6.07, 6.45) is 1.15. The average molecular weight is 237 g/mol. The first kappa shape index (κ1) is 11.3. The predicted molar refractivity (Wildman–Crippen MR) is 77.3 cm³/mol. The molecule has 1 aliphatic rings. The second kappa shape index (κ2) is 4.49. The summed E-state index contributed by atoms with van der Waals surface area (Å²) >= 11 is 0. The molecule has 1 nitrogen and oxygen atoms in total. The predicted octanol–water partition coefficient (Wildman–Crippen LogP) is 4.06. The average Bonchev–Trinajstić information content (AvgIpc) is 2.39. The summed E-state index contributed by atoms with van der Waals surface area (Å²) in [5.41, 5.74) is 6.99. The number of anilines is 1. The van der Waals surface area contributed by atoms with Crippen LogP contribution in [0, 0.1) is 13.8 Å². The number of rotatable bonds is 1. The van der Waals surface area contributed by atoms with Gasteiger partial charge >= 0.3 is 0 Å². The molecule has 0 saturated carbocycles. The third-order valence-corrected chi connectivity index (χ3v) is 3.82. The van der Waals surface area contributed by atoms with Crippen molar-refractivity contribution in [3.8, 4) is 0 Å². The third-order valence-electron chi connectivity index (χ3n) is 3.82. The van der Waals surface area contributed by atoms with Crippen molar-refractivity contribution >= 4 is 5.69 Å². The Kier molecular flexibility index (Phi) is 2.83. The Morgan fingerprint density at radius 3 is 2.61 bits per heavy atom. The minimum atomic E-state index is 0.597.